The maximum Gasteiger partial charge on any atom is 0.227 e. The number of hydrogen-bond donors (Lipinski definition) is 0. The molecule has 0 saturated carbocycles. The summed E-state index contributed by atoms with van der Waals surface area (Å²) in [5.41, 5.74) is 5.08. The number of rotatable bonds is 8. The molecule has 2 aromatic rings. The molecule has 2 aliphatic rings. The molecule has 33 heavy (non-hydrogen) atoms. The number of methoxy groups -OCH3 is 3. The van der Waals surface area contributed by atoms with Crippen LogP contribution in [0.5, 0.6) is 17.2 Å². The Kier molecular flexibility index (Phi) is 7.43. The van der Waals surface area contributed by atoms with Gasteiger partial charge < -0.3 is 24.0 Å². The van der Waals surface area contributed by atoms with Gasteiger partial charge >= 0.3 is 0 Å². The molecule has 1 heterocycles. The van der Waals surface area contributed by atoms with Crippen LogP contribution in [0.2, 0.25) is 0 Å². The predicted octanol–water partition coefficient (Wildman–Crippen LogP) is 3.52. The van der Waals surface area contributed by atoms with Crippen LogP contribution in [0.25, 0.3) is 0 Å². The lowest BCUT2D eigenvalue weighted by atomic mass is 9.87. The number of ether oxygens (including phenoxy) is 3. The first-order valence-corrected chi connectivity index (χ1v) is 11.9. The van der Waals surface area contributed by atoms with Gasteiger partial charge in [-0.2, -0.15) is 0 Å². The molecule has 1 atom stereocenters. The Morgan fingerprint density at radius 1 is 0.939 bits per heavy atom. The van der Waals surface area contributed by atoms with Gasteiger partial charge in [-0.15, -0.1) is 0 Å². The molecule has 0 aromatic heterocycles. The fraction of sp³-hybridized carbons (Fsp3) is 0.519. The highest BCUT2D eigenvalue weighted by Crippen LogP contribution is 2.32. The summed E-state index contributed by atoms with van der Waals surface area (Å²) in [5, 5.41) is 0. The molecule has 1 aliphatic carbocycles. The zero-order chi connectivity index (χ0) is 23.4. The third-order valence-electron chi connectivity index (χ3n) is 7.23. The summed E-state index contributed by atoms with van der Waals surface area (Å²) in [6.45, 7) is 2.55. The minimum Gasteiger partial charge on any atom is -0.497 e. The minimum absolute atomic E-state index is 0.198. The molecule has 0 saturated heterocycles. The van der Waals surface area contributed by atoms with E-state index in [9.17, 15) is 4.79 Å². The molecule has 1 amide bonds. The molecule has 1 unspecified atom stereocenters. The highest BCUT2D eigenvalue weighted by molar-refractivity contribution is 5.80. The zero-order valence-corrected chi connectivity index (χ0v) is 20.4. The van der Waals surface area contributed by atoms with E-state index < -0.39 is 0 Å². The standard InChI is InChI=1S/C27H36N2O4/c1-28(23-8-6-20-15-24(31-2)9-7-19(20)14-23)11-5-12-29-13-10-21-16-25(32-3)26(33-4)17-22(21)18-27(29)30/h7,9,15-17,23H,5-6,8,10-14,18H2,1-4H3. The van der Waals surface area contributed by atoms with Gasteiger partial charge in [0, 0.05) is 19.1 Å². The molecule has 6 heteroatoms. The third kappa shape index (κ3) is 5.27. The predicted molar refractivity (Wildman–Crippen MR) is 130 cm³/mol. The highest BCUT2D eigenvalue weighted by atomic mass is 16.5. The number of likely N-dealkylation sites (N-methyl/N-ethyl adjacent to an activating group) is 1. The first kappa shape index (κ1) is 23.4. The average molecular weight is 453 g/mol. The normalized spacial score (nSPS) is 17.9. The summed E-state index contributed by atoms with van der Waals surface area (Å²) in [6.07, 6.45) is 5.60. The highest BCUT2D eigenvalue weighted by Gasteiger charge is 2.24. The Balaban J connectivity index is 1.30. The second kappa shape index (κ2) is 10.5. The van der Waals surface area contributed by atoms with Crippen LogP contribution >= 0.6 is 0 Å². The number of nitrogens with zero attached hydrogens (tertiary/aromatic N) is 2. The number of benzene rings is 2. The van der Waals surface area contributed by atoms with Gasteiger partial charge in [0.2, 0.25) is 5.91 Å². The summed E-state index contributed by atoms with van der Waals surface area (Å²) in [4.78, 5) is 17.4. The van der Waals surface area contributed by atoms with Gasteiger partial charge in [-0.05, 0) is 92.2 Å². The number of hydrogen-bond acceptors (Lipinski definition) is 5. The lowest BCUT2D eigenvalue weighted by molar-refractivity contribution is -0.130. The Morgan fingerprint density at radius 3 is 2.39 bits per heavy atom. The van der Waals surface area contributed by atoms with Gasteiger partial charge in [-0.1, -0.05) is 6.07 Å². The fourth-order valence-corrected chi connectivity index (χ4v) is 5.16. The molecular weight excluding hydrogens is 416 g/mol. The van der Waals surface area contributed by atoms with Crippen molar-refractivity contribution >= 4 is 5.91 Å². The van der Waals surface area contributed by atoms with E-state index in [1.165, 1.54) is 16.7 Å². The molecule has 178 valence electrons. The number of amides is 1. The average Bonchev–Trinajstić information content (AvgIpc) is 2.99. The van der Waals surface area contributed by atoms with E-state index in [0.29, 0.717) is 18.2 Å². The molecule has 4 rings (SSSR count). The Morgan fingerprint density at radius 2 is 1.67 bits per heavy atom. The Bertz CT molecular complexity index is 990. The van der Waals surface area contributed by atoms with Crippen molar-refractivity contribution in [3.8, 4) is 17.2 Å². The molecule has 0 bridgehead atoms. The number of carbonyl (C=O) groups is 1. The maximum atomic E-state index is 12.9. The lowest BCUT2D eigenvalue weighted by Crippen LogP contribution is -2.39. The molecule has 0 spiro atoms. The van der Waals surface area contributed by atoms with E-state index in [0.717, 1.165) is 68.8 Å². The SMILES string of the molecule is COc1ccc2c(c1)CCC(N(C)CCCN1CCc3cc(OC)c(OC)cc3CC1=O)C2. The summed E-state index contributed by atoms with van der Waals surface area (Å²) in [7, 11) is 7.23. The minimum atomic E-state index is 0.198. The molecule has 6 nitrogen and oxygen atoms in total. The Labute approximate surface area is 197 Å². The molecule has 1 aliphatic heterocycles. The van der Waals surface area contributed by atoms with Crippen molar-refractivity contribution in [2.45, 2.75) is 44.6 Å². The molecular formula is C27H36N2O4. The fourth-order valence-electron chi connectivity index (χ4n) is 5.16. The number of aryl methyl sites for hydroxylation is 1. The van der Waals surface area contributed by atoms with E-state index >= 15 is 0 Å². The van der Waals surface area contributed by atoms with Crippen molar-refractivity contribution < 1.29 is 19.0 Å². The van der Waals surface area contributed by atoms with Gasteiger partial charge in [0.05, 0.1) is 27.8 Å². The van der Waals surface area contributed by atoms with E-state index in [-0.39, 0.29) is 5.91 Å². The maximum absolute atomic E-state index is 12.9. The molecule has 0 N–H and O–H groups in total. The van der Waals surface area contributed by atoms with Crippen LogP contribution in [0.15, 0.2) is 30.3 Å². The lowest BCUT2D eigenvalue weighted by Gasteiger charge is -2.33. The quantitative estimate of drug-likeness (QED) is 0.614. The van der Waals surface area contributed by atoms with Gasteiger partial charge in [0.15, 0.2) is 11.5 Å². The second-order valence-corrected chi connectivity index (χ2v) is 9.15. The smallest absolute Gasteiger partial charge is 0.227 e. The van der Waals surface area contributed by atoms with Crippen molar-refractivity contribution in [1.29, 1.82) is 0 Å². The van der Waals surface area contributed by atoms with Gasteiger partial charge in [0.25, 0.3) is 0 Å². The van der Waals surface area contributed by atoms with Gasteiger partial charge in [-0.25, -0.2) is 0 Å². The zero-order valence-electron chi connectivity index (χ0n) is 20.4. The first-order valence-electron chi connectivity index (χ1n) is 11.9. The van der Waals surface area contributed by atoms with Crippen molar-refractivity contribution in [1.82, 2.24) is 9.80 Å². The van der Waals surface area contributed by atoms with Crippen LogP contribution in [-0.2, 0) is 30.5 Å². The van der Waals surface area contributed by atoms with Gasteiger partial charge in [-0.3, -0.25) is 4.79 Å². The van der Waals surface area contributed by atoms with Crippen molar-refractivity contribution in [2.75, 3.05) is 48.0 Å². The van der Waals surface area contributed by atoms with Crippen molar-refractivity contribution in [2.24, 2.45) is 0 Å². The van der Waals surface area contributed by atoms with Crippen LogP contribution in [0.1, 0.15) is 35.1 Å². The van der Waals surface area contributed by atoms with Crippen LogP contribution < -0.4 is 14.2 Å². The molecule has 0 radical (unpaired) electrons. The van der Waals surface area contributed by atoms with Crippen LogP contribution in [0, 0.1) is 0 Å². The van der Waals surface area contributed by atoms with Crippen LogP contribution in [0.4, 0.5) is 0 Å². The summed E-state index contributed by atoms with van der Waals surface area (Å²) >= 11 is 0. The molecule has 2 aromatic carbocycles. The summed E-state index contributed by atoms with van der Waals surface area (Å²) in [5.74, 6) is 2.56. The van der Waals surface area contributed by atoms with E-state index in [1.807, 2.05) is 17.0 Å². The van der Waals surface area contributed by atoms with Crippen molar-refractivity contribution in [3.63, 3.8) is 0 Å². The second-order valence-electron chi connectivity index (χ2n) is 9.15. The number of carbonyl (C=O) groups excluding carboxylic acids is 1. The van der Waals surface area contributed by atoms with Gasteiger partial charge in [0.1, 0.15) is 5.75 Å². The van der Waals surface area contributed by atoms with E-state index in [2.05, 4.69) is 30.1 Å². The van der Waals surface area contributed by atoms with E-state index in [1.54, 1.807) is 21.3 Å². The Hall–Kier alpha value is -2.73. The largest absolute Gasteiger partial charge is 0.497 e. The number of fused-ring (bicyclic) bond motifs is 2. The molecule has 0 fully saturated rings. The first-order chi connectivity index (χ1) is 16.0. The monoisotopic (exact) mass is 452 g/mol. The van der Waals surface area contributed by atoms with Crippen molar-refractivity contribution in [3.05, 3.63) is 52.6 Å². The van der Waals surface area contributed by atoms with E-state index in [4.69, 9.17) is 14.2 Å². The third-order valence-corrected chi connectivity index (χ3v) is 7.23. The topological polar surface area (TPSA) is 51.2 Å². The summed E-state index contributed by atoms with van der Waals surface area (Å²) < 4.78 is 16.2. The van der Waals surface area contributed by atoms with Crippen LogP contribution in [0.3, 0.4) is 0 Å². The van der Waals surface area contributed by atoms with Crippen LogP contribution in [-0.4, -0.2) is 69.8 Å². The summed E-state index contributed by atoms with van der Waals surface area (Å²) in [6, 6.07) is 11.0.